The van der Waals surface area contributed by atoms with Crippen LogP contribution in [0.15, 0.2) is 34.6 Å². The first kappa shape index (κ1) is 18.3. The lowest BCUT2D eigenvalue weighted by atomic mass is 9.88. The molecule has 2 aromatic rings. The fourth-order valence-electron chi connectivity index (χ4n) is 3.37. The SMILES string of the molecule is C=CCn1c(SCCOC2CCCCC2C)nnc1-c1ccoc1C. The number of rotatable bonds is 8. The van der Waals surface area contributed by atoms with Crippen LogP contribution in [0.2, 0.25) is 0 Å². The largest absolute Gasteiger partial charge is 0.469 e. The average molecular weight is 362 g/mol. The molecule has 2 heterocycles. The molecule has 2 unspecified atom stereocenters. The summed E-state index contributed by atoms with van der Waals surface area (Å²) in [4.78, 5) is 0. The number of nitrogens with zero attached hydrogens (tertiary/aromatic N) is 3. The van der Waals surface area contributed by atoms with Gasteiger partial charge in [-0.15, -0.1) is 16.8 Å². The molecule has 2 aromatic heterocycles. The summed E-state index contributed by atoms with van der Waals surface area (Å²) in [7, 11) is 0. The van der Waals surface area contributed by atoms with Crippen molar-refractivity contribution in [2.24, 2.45) is 5.92 Å². The molecule has 0 saturated heterocycles. The molecule has 2 atom stereocenters. The van der Waals surface area contributed by atoms with Crippen LogP contribution in [0.5, 0.6) is 0 Å². The van der Waals surface area contributed by atoms with Gasteiger partial charge in [0, 0.05) is 12.3 Å². The van der Waals surface area contributed by atoms with Crippen molar-refractivity contribution in [1.29, 1.82) is 0 Å². The Labute approximate surface area is 153 Å². The van der Waals surface area contributed by atoms with Crippen molar-refractivity contribution in [3.8, 4) is 11.4 Å². The second-order valence-electron chi connectivity index (χ2n) is 6.62. The van der Waals surface area contributed by atoms with E-state index in [1.54, 1.807) is 18.0 Å². The van der Waals surface area contributed by atoms with Gasteiger partial charge in [-0.25, -0.2) is 0 Å². The molecule has 1 saturated carbocycles. The topological polar surface area (TPSA) is 53.1 Å². The van der Waals surface area contributed by atoms with Gasteiger partial charge in [-0.3, -0.25) is 4.57 Å². The van der Waals surface area contributed by atoms with Crippen molar-refractivity contribution in [1.82, 2.24) is 14.8 Å². The number of hydrogen-bond donors (Lipinski definition) is 0. The van der Waals surface area contributed by atoms with Gasteiger partial charge in [-0.05, 0) is 31.7 Å². The maximum atomic E-state index is 6.10. The van der Waals surface area contributed by atoms with Crippen LogP contribution in [0.3, 0.4) is 0 Å². The van der Waals surface area contributed by atoms with Gasteiger partial charge in [0.2, 0.25) is 0 Å². The molecule has 0 amide bonds. The summed E-state index contributed by atoms with van der Waals surface area (Å²) < 4.78 is 13.6. The first-order chi connectivity index (χ1) is 12.2. The predicted octanol–water partition coefficient (Wildman–Crippen LogP) is 4.72. The Balaban J connectivity index is 1.59. The molecule has 25 heavy (non-hydrogen) atoms. The number of aromatic nitrogens is 3. The molecule has 6 heteroatoms. The van der Waals surface area contributed by atoms with E-state index in [0.717, 1.165) is 34.7 Å². The fraction of sp³-hybridized carbons (Fsp3) is 0.579. The Kier molecular flexibility index (Phi) is 6.37. The van der Waals surface area contributed by atoms with E-state index in [0.29, 0.717) is 18.6 Å². The van der Waals surface area contributed by atoms with Gasteiger partial charge in [0.15, 0.2) is 11.0 Å². The lowest BCUT2D eigenvalue weighted by Crippen LogP contribution is -2.26. The average Bonchev–Trinajstić information content (AvgIpc) is 3.20. The van der Waals surface area contributed by atoms with Crippen molar-refractivity contribution in [3.05, 3.63) is 30.7 Å². The standard InChI is InChI=1S/C19H27N3O2S/c1-4-10-22-18(16-9-11-23-15(16)3)20-21-19(22)25-13-12-24-17-8-6-5-7-14(17)2/h4,9,11,14,17H,1,5-8,10,12-13H2,2-3H3. The summed E-state index contributed by atoms with van der Waals surface area (Å²) in [5.41, 5.74) is 0.980. The van der Waals surface area contributed by atoms with Crippen LogP contribution in [0.25, 0.3) is 11.4 Å². The summed E-state index contributed by atoms with van der Waals surface area (Å²) in [6.07, 6.45) is 9.10. The van der Waals surface area contributed by atoms with Crippen LogP contribution < -0.4 is 0 Å². The maximum absolute atomic E-state index is 6.10. The van der Waals surface area contributed by atoms with Crippen LogP contribution in [-0.2, 0) is 11.3 Å². The van der Waals surface area contributed by atoms with E-state index in [1.807, 2.05) is 19.1 Å². The number of ether oxygens (including phenoxy) is 1. The molecule has 0 radical (unpaired) electrons. The number of thioether (sulfide) groups is 1. The molecule has 1 aliphatic carbocycles. The van der Waals surface area contributed by atoms with Crippen LogP contribution in [-0.4, -0.2) is 33.2 Å². The second-order valence-corrected chi connectivity index (χ2v) is 7.68. The smallest absolute Gasteiger partial charge is 0.191 e. The summed E-state index contributed by atoms with van der Waals surface area (Å²) >= 11 is 1.69. The number of furan rings is 1. The van der Waals surface area contributed by atoms with Crippen molar-refractivity contribution < 1.29 is 9.15 Å². The van der Waals surface area contributed by atoms with Gasteiger partial charge >= 0.3 is 0 Å². The Bertz CT molecular complexity index is 695. The van der Waals surface area contributed by atoms with Gasteiger partial charge in [0.1, 0.15) is 5.76 Å². The molecular weight excluding hydrogens is 334 g/mol. The minimum absolute atomic E-state index is 0.421. The predicted molar refractivity (Wildman–Crippen MR) is 101 cm³/mol. The molecule has 0 aliphatic heterocycles. The maximum Gasteiger partial charge on any atom is 0.191 e. The van der Waals surface area contributed by atoms with Crippen LogP contribution >= 0.6 is 11.8 Å². The Hall–Kier alpha value is -1.53. The molecule has 0 N–H and O–H groups in total. The molecule has 0 bridgehead atoms. The molecule has 0 spiro atoms. The molecule has 1 aliphatic rings. The van der Waals surface area contributed by atoms with Gasteiger partial charge < -0.3 is 9.15 Å². The van der Waals surface area contributed by atoms with E-state index < -0.39 is 0 Å². The quantitative estimate of drug-likeness (QED) is 0.387. The summed E-state index contributed by atoms with van der Waals surface area (Å²) in [5.74, 6) is 3.24. The van der Waals surface area contributed by atoms with E-state index in [2.05, 4.69) is 28.3 Å². The zero-order chi connectivity index (χ0) is 17.6. The van der Waals surface area contributed by atoms with Crippen molar-refractivity contribution in [2.75, 3.05) is 12.4 Å². The minimum Gasteiger partial charge on any atom is -0.469 e. The molecule has 5 nitrogen and oxygen atoms in total. The zero-order valence-electron chi connectivity index (χ0n) is 15.1. The van der Waals surface area contributed by atoms with Gasteiger partial charge in [-0.1, -0.05) is 37.6 Å². The molecule has 1 fully saturated rings. The third-order valence-corrected chi connectivity index (χ3v) is 5.74. The second kappa shape index (κ2) is 8.72. The molecular formula is C19H27N3O2S. The van der Waals surface area contributed by atoms with Crippen molar-refractivity contribution in [2.45, 2.75) is 57.3 Å². The third kappa shape index (κ3) is 4.36. The lowest BCUT2D eigenvalue weighted by molar-refractivity contribution is 0.00345. The van der Waals surface area contributed by atoms with Crippen LogP contribution in [0.4, 0.5) is 0 Å². The summed E-state index contributed by atoms with van der Waals surface area (Å²) in [5, 5.41) is 9.62. The van der Waals surface area contributed by atoms with E-state index in [1.165, 1.54) is 25.7 Å². The van der Waals surface area contributed by atoms with E-state index in [-0.39, 0.29) is 0 Å². The highest BCUT2D eigenvalue weighted by atomic mass is 32.2. The molecule has 136 valence electrons. The van der Waals surface area contributed by atoms with Crippen molar-refractivity contribution in [3.63, 3.8) is 0 Å². The number of hydrogen-bond acceptors (Lipinski definition) is 5. The Morgan fingerprint density at radius 3 is 2.96 bits per heavy atom. The third-order valence-electron chi connectivity index (χ3n) is 4.81. The Morgan fingerprint density at radius 1 is 1.40 bits per heavy atom. The normalized spacial score (nSPS) is 20.7. The number of allylic oxidation sites excluding steroid dienone is 1. The van der Waals surface area contributed by atoms with Gasteiger partial charge in [0.25, 0.3) is 0 Å². The first-order valence-corrected chi connectivity index (χ1v) is 10.0. The number of aryl methyl sites for hydroxylation is 1. The van der Waals surface area contributed by atoms with Crippen molar-refractivity contribution >= 4 is 11.8 Å². The van der Waals surface area contributed by atoms with Gasteiger partial charge in [0.05, 0.1) is 24.5 Å². The van der Waals surface area contributed by atoms with E-state index in [4.69, 9.17) is 9.15 Å². The zero-order valence-corrected chi connectivity index (χ0v) is 15.9. The van der Waals surface area contributed by atoms with Crippen LogP contribution in [0.1, 0.15) is 38.4 Å². The summed E-state index contributed by atoms with van der Waals surface area (Å²) in [6, 6.07) is 1.93. The summed E-state index contributed by atoms with van der Waals surface area (Å²) in [6.45, 7) is 9.52. The van der Waals surface area contributed by atoms with Gasteiger partial charge in [-0.2, -0.15) is 0 Å². The first-order valence-electron chi connectivity index (χ1n) is 9.03. The van der Waals surface area contributed by atoms with E-state index in [9.17, 15) is 0 Å². The molecule has 3 rings (SSSR count). The molecule has 0 aromatic carbocycles. The highest BCUT2D eigenvalue weighted by molar-refractivity contribution is 7.99. The highest BCUT2D eigenvalue weighted by Crippen LogP contribution is 2.28. The van der Waals surface area contributed by atoms with E-state index >= 15 is 0 Å². The monoisotopic (exact) mass is 361 g/mol. The van der Waals surface area contributed by atoms with Crippen LogP contribution in [0, 0.1) is 12.8 Å². The lowest BCUT2D eigenvalue weighted by Gasteiger charge is -2.28. The minimum atomic E-state index is 0.421. The Morgan fingerprint density at radius 2 is 2.24 bits per heavy atom. The fourth-order valence-corrected chi connectivity index (χ4v) is 4.15. The highest BCUT2D eigenvalue weighted by Gasteiger charge is 2.22.